The molecular weight excluding hydrogens is 272 g/mol. The second-order valence-corrected chi connectivity index (χ2v) is 6.50. The zero-order valence-corrected chi connectivity index (χ0v) is 14.0. The summed E-state index contributed by atoms with van der Waals surface area (Å²) >= 11 is 0. The summed E-state index contributed by atoms with van der Waals surface area (Å²) in [6, 6.07) is 11.0. The van der Waals surface area contributed by atoms with E-state index < -0.39 is 0 Å². The van der Waals surface area contributed by atoms with Gasteiger partial charge in [-0.15, -0.1) is 0 Å². The number of guanidine groups is 1. The molecule has 1 aliphatic rings. The van der Waals surface area contributed by atoms with Crippen molar-refractivity contribution in [2.45, 2.75) is 39.2 Å². The van der Waals surface area contributed by atoms with E-state index in [0.717, 1.165) is 32.6 Å². The first-order valence-electron chi connectivity index (χ1n) is 8.49. The van der Waals surface area contributed by atoms with Crippen LogP contribution in [0.1, 0.15) is 44.7 Å². The molecule has 1 aliphatic heterocycles. The van der Waals surface area contributed by atoms with Gasteiger partial charge in [-0.2, -0.15) is 0 Å². The smallest absolute Gasteiger partial charge is 0.188 e. The Morgan fingerprint density at radius 3 is 2.55 bits per heavy atom. The minimum Gasteiger partial charge on any atom is -0.370 e. The minimum absolute atomic E-state index is 0.342. The molecular formula is C18H30N4. The second kappa shape index (κ2) is 8.79. The average Bonchev–Trinajstić information content (AvgIpc) is 3.02. The molecule has 1 aromatic rings. The highest BCUT2D eigenvalue weighted by Crippen LogP contribution is 2.25. The quantitative estimate of drug-likeness (QED) is 0.601. The van der Waals surface area contributed by atoms with Crippen molar-refractivity contribution in [1.82, 2.24) is 10.2 Å². The summed E-state index contributed by atoms with van der Waals surface area (Å²) in [4.78, 5) is 7.11. The van der Waals surface area contributed by atoms with E-state index in [-0.39, 0.29) is 0 Å². The number of hydrogen-bond donors (Lipinski definition) is 2. The molecule has 22 heavy (non-hydrogen) atoms. The molecule has 0 bridgehead atoms. The van der Waals surface area contributed by atoms with Crippen molar-refractivity contribution in [2.75, 3.05) is 26.2 Å². The molecule has 4 nitrogen and oxygen atoms in total. The molecule has 0 saturated carbocycles. The van der Waals surface area contributed by atoms with Gasteiger partial charge in [0.2, 0.25) is 0 Å². The normalized spacial score (nSPS) is 17.9. The molecule has 0 amide bonds. The lowest BCUT2D eigenvalue weighted by molar-refractivity contribution is 0.251. The van der Waals surface area contributed by atoms with E-state index in [1.54, 1.807) is 0 Å². The van der Waals surface area contributed by atoms with Crippen LogP contribution in [0.5, 0.6) is 0 Å². The molecule has 0 radical (unpaired) electrons. The number of likely N-dealkylation sites (tertiary alicyclic amines) is 1. The largest absolute Gasteiger partial charge is 0.370 e. The van der Waals surface area contributed by atoms with Gasteiger partial charge < -0.3 is 11.1 Å². The molecule has 1 saturated heterocycles. The fourth-order valence-corrected chi connectivity index (χ4v) is 2.89. The third kappa shape index (κ3) is 5.34. The fraction of sp³-hybridized carbons (Fsp3) is 0.611. The van der Waals surface area contributed by atoms with Crippen LogP contribution in [0, 0.1) is 5.92 Å². The van der Waals surface area contributed by atoms with Gasteiger partial charge in [0.1, 0.15) is 0 Å². The molecule has 122 valence electrons. The Morgan fingerprint density at radius 2 is 1.91 bits per heavy atom. The predicted octanol–water partition coefficient (Wildman–Crippen LogP) is 2.77. The number of nitrogens with one attached hydrogen (secondary N) is 1. The molecule has 0 spiro atoms. The fourth-order valence-electron chi connectivity index (χ4n) is 2.89. The van der Waals surface area contributed by atoms with Crippen molar-refractivity contribution in [2.24, 2.45) is 16.6 Å². The summed E-state index contributed by atoms with van der Waals surface area (Å²) in [5.41, 5.74) is 7.34. The van der Waals surface area contributed by atoms with Crippen LogP contribution in [0.25, 0.3) is 0 Å². The number of nitrogens with two attached hydrogens (primary N) is 1. The standard InChI is InChI=1S/C18H30N4/c1-15(2)10-11-20-18(19)21-14-17(22-12-6-7-13-22)16-8-4-3-5-9-16/h3-5,8-9,15,17H,6-7,10-14H2,1-2H3,(H3,19,20,21). The molecule has 1 atom stereocenters. The predicted molar refractivity (Wildman–Crippen MR) is 93.9 cm³/mol. The Morgan fingerprint density at radius 1 is 1.23 bits per heavy atom. The third-order valence-electron chi connectivity index (χ3n) is 4.23. The van der Waals surface area contributed by atoms with E-state index in [9.17, 15) is 0 Å². The van der Waals surface area contributed by atoms with Gasteiger partial charge in [0.05, 0.1) is 12.6 Å². The van der Waals surface area contributed by atoms with E-state index >= 15 is 0 Å². The summed E-state index contributed by atoms with van der Waals surface area (Å²) in [6.45, 7) is 8.38. The van der Waals surface area contributed by atoms with Gasteiger partial charge in [0.25, 0.3) is 0 Å². The van der Waals surface area contributed by atoms with Gasteiger partial charge in [-0.3, -0.25) is 9.89 Å². The van der Waals surface area contributed by atoms with Crippen LogP contribution in [-0.4, -0.2) is 37.0 Å². The first-order valence-corrected chi connectivity index (χ1v) is 8.49. The van der Waals surface area contributed by atoms with Crippen molar-refractivity contribution in [3.05, 3.63) is 35.9 Å². The highest BCUT2D eigenvalue weighted by Gasteiger charge is 2.22. The van der Waals surface area contributed by atoms with E-state index in [2.05, 4.69) is 59.4 Å². The Balaban J connectivity index is 1.94. The molecule has 1 fully saturated rings. The maximum Gasteiger partial charge on any atom is 0.188 e. The Kier molecular flexibility index (Phi) is 6.72. The van der Waals surface area contributed by atoms with E-state index in [1.807, 2.05) is 0 Å². The van der Waals surface area contributed by atoms with Gasteiger partial charge in [0, 0.05) is 6.54 Å². The summed E-state index contributed by atoms with van der Waals surface area (Å²) in [5, 5.41) is 3.22. The molecule has 3 N–H and O–H groups in total. The van der Waals surface area contributed by atoms with Crippen molar-refractivity contribution in [1.29, 1.82) is 0 Å². The monoisotopic (exact) mass is 302 g/mol. The molecule has 1 heterocycles. The summed E-state index contributed by atoms with van der Waals surface area (Å²) in [6.07, 6.45) is 3.69. The molecule has 2 rings (SSSR count). The topological polar surface area (TPSA) is 53.6 Å². The lowest BCUT2D eigenvalue weighted by atomic mass is 10.1. The molecule has 1 aromatic carbocycles. The van der Waals surface area contributed by atoms with Crippen molar-refractivity contribution in [3.63, 3.8) is 0 Å². The lowest BCUT2D eigenvalue weighted by Crippen LogP contribution is -2.35. The third-order valence-corrected chi connectivity index (χ3v) is 4.23. The van der Waals surface area contributed by atoms with Crippen molar-refractivity contribution in [3.8, 4) is 0 Å². The Labute approximate surface area is 134 Å². The van der Waals surface area contributed by atoms with E-state index in [4.69, 9.17) is 5.73 Å². The zero-order chi connectivity index (χ0) is 15.8. The van der Waals surface area contributed by atoms with Crippen molar-refractivity contribution < 1.29 is 0 Å². The van der Waals surface area contributed by atoms with E-state index in [0.29, 0.717) is 17.9 Å². The average molecular weight is 302 g/mol. The van der Waals surface area contributed by atoms with Gasteiger partial charge in [-0.05, 0) is 43.8 Å². The van der Waals surface area contributed by atoms with Crippen LogP contribution < -0.4 is 11.1 Å². The van der Waals surface area contributed by atoms with Crippen LogP contribution in [0.15, 0.2) is 35.3 Å². The number of nitrogens with zero attached hydrogens (tertiary/aromatic N) is 2. The van der Waals surface area contributed by atoms with Gasteiger partial charge in [-0.1, -0.05) is 44.2 Å². The van der Waals surface area contributed by atoms with Crippen LogP contribution in [0.2, 0.25) is 0 Å². The van der Waals surface area contributed by atoms with Gasteiger partial charge in [0.15, 0.2) is 5.96 Å². The second-order valence-electron chi connectivity index (χ2n) is 6.50. The maximum absolute atomic E-state index is 6.01. The number of aliphatic imine (C=N–C) groups is 1. The molecule has 1 unspecified atom stereocenters. The molecule has 4 heteroatoms. The van der Waals surface area contributed by atoms with Crippen molar-refractivity contribution >= 4 is 5.96 Å². The van der Waals surface area contributed by atoms with Gasteiger partial charge in [-0.25, -0.2) is 0 Å². The molecule has 0 aromatic heterocycles. The Bertz CT molecular complexity index is 449. The zero-order valence-electron chi connectivity index (χ0n) is 14.0. The summed E-state index contributed by atoms with van der Waals surface area (Å²) in [7, 11) is 0. The van der Waals surface area contributed by atoms with Crippen LogP contribution in [-0.2, 0) is 0 Å². The Hall–Kier alpha value is -1.55. The summed E-state index contributed by atoms with van der Waals surface area (Å²) in [5.74, 6) is 1.25. The maximum atomic E-state index is 6.01. The van der Waals surface area contributed by atoms with Gasteiger partial charge >= 0.3 is 0 Å². The first kappa shape index (κ1) is 16.8. The lowest BCUT2D eigenvalue weighted by Gasteiger charge is -2.26. The van der Waals surface area contributed by atoms with Crippen LogP contribution in [0.3, 0.4) is 0 Å². The SMILES string of the molecule is CC(C)CCNC(N)=NCC(c1ccccc1)N1CCCC1. The number of hydrogen-bond acceptors (Lipinski definition) is 2. The number of rotatable bonds is 7. The highest BCUT2D eigenvalue weighted by molar-refractivity contribution is 5.77. The van der Waals surface area contributed by atoms with Crippen LogP contribution in [0.4, 0.5) is 0 Å². The summed E-state index contributed by atoms with van der Waals surface area (Å²) < 4.78 is 0. The highest BCUT2D eigenvalue weighted by atomic mass is 15.2. The molecule has 0 aliphatic carbocycles. The van der Waals surface area contributed by atoms with Crippen LogP contribution >= 0.6 is 0 Å². The number of benzene rings is 1. The van der Waals surface area contributed by atoms with E-state index in [1.165, 1.54) is 18.4 Å². The minimum atomic E-state index is 0.342. The first-order chi connectivity index (χ1) is 10.7.